The van der Waals surface area contributed by atoms with E-state index in [-0.39, 0.29) is 18.9 Å². The number of benzene rings is 2. The van der Waals surface area contributed by atoms with E-state index in [1.165, 1.54) is 11.3 Å². The van der Waals surface area contributed by atoms with Gasteiger partial charge in [-0.25, -0.2) is 4.79 Å². The van der Waals surface area contributed by atoms with Crippen LogP contribution in [0, 0.1) is 13.8 Å². The normalized spacial score (nSPS) is 10.6. The Labute approximate surface area is 179 Å². The van der Waals surface area contributed by atoms with Gasteiger partial charge in [0.15, 0.2) is 0 Å². The van der Waals surface area contributed by atoms with Crippen LogP contribution >= 0.6 is 22.9 Å². The number of hydrogen-bond acceptors (Lipinski definition) is 4. The quantitative estimate of drug-likeness (QED) is 0.487. The lowest BCUT2D eigenvalue weighted by Gasteiger charge is -2.11. The molecule has 2 aromatic carbocycles. The number of amides is 1. The first kappa shape index (κ1) is 21.1. The molecule has 6 heteroatoms. The average molecular weight is 428 g/mol. The minimum atomic E-state index is -0.439. The molecule has 0 atom stereocenters. The Morgan fingerprint density at radius 3 is 2.45 bits per heavy atom. The standard InChI is InChI=1S/C23H22ClNO3S/c1-4-28-23(27)21-19(18-10-5-14(2)11-15(18)3)13-29-22(21)25-20(26)12-16-6-8-17(24)9-7-16/h5-11,13H,4,12H2,1-3H3,(H,25,26). The van der Waals surface area contributed by atoms with E-state index < -0.39 is 5.97 Å². The maximum Gasteiger partial charge on any atom is 0.341 e. The van der Waals surface area contributed by atoms with Crippen LogP contribution in [-0.2, 0) is 16.0 Å². The lowest BCUT2D eigenvalue weighted by atomic mass is 9.97. The first-order valence-corrected chi connectivity index (χ1v) is 10.5. The van der Waals surface area contributed by atoms with Crippen molar-refractivity contribution in [2.75, 3.05) is 11.9 Å². The van der Waals surface area contributed by atoms with Crippen molar-refractivity contribution in [2.45, 2.75) is 27.2 Å². The van der Waals surface area contributed by atoms with Crippen LogP contribution in [-0.4, -0.2) is 18.5 Å². The summed E-state index contributed by atoms with van der Waals surface area (Å²) in [6.45, 7) is 6.06. The molecule has 0 aliphatic heterocycles. The summed E-state index contributed by atoms with van der Waals surface area (Å²) in [5, 5.41) is 5.89. The largest absolute Gasteiger partial charge is 0.462 e. The first-order chi connectivity index (χ1) is 13.9. The zero-order chi connectivity index (χ0) is 21.0. The van der Waals surface area contributed by atoms with E-state index in [1.807, 2.05) is 43.5 Å². The molecular formula is C23H22ClNO3S. The van der Waals surface area contributed by atoms with Gasteiger partial charge < -0.3 is 10.1 Å². The lowest BCUT2D eigenvalue weighted by molar-refractivity contribution is -0.115. The van der Waals surface area contributed by atoms with Crippen LogP contribution in [0.3, 0.4) is 0 Å². The van der Waals surface area contributed by atoms with E-state index in [4.69, 9.17) is 16.3 Å². The van der Waals surface area contributed by atoms with Gasteiger partial charge >= 0.3 is 5.97 Å². The van der Waals surface area contributed by atoms with E-state index in [2.05, 4.69) is 11.4 Å². The average Bonchev–Trinajstić information content (AvgIpc) is 3.07. The van der Waals surface area contributed by atoms with Crippen LogP contribution in [0.25, 0.3) is 11.1 Å². The Kier molecular flexibility index (Phi) is 6.72. The van der Waals surface area contributed by atoms with Gasteiger partial charge in [0, 0.05) is 16.0 Å². The zero-order valence-corrected chi connectivity index (χ0v) is 18.1. The molecule has 0 unspecified atom stereocenters. The Morgan fingerprint density at radius 2 is 1.79 bits per heavy atom. The van der Waals surface area contributed by atoms with E-state index in [0.29, 0.717) is 15.6 Å². The number of halogens is 1. The minimum absolute atomic E-state index is 0.191. The third-order valence-corrected chi connectivity index (χ3v) is 5.62. The highest BCUT2D eigenvalue weighted by Crippen LogP contribution is 2.38. The van der Waals surface area contributed by atoms with Gasteiger partial charge in [-0.05, 0) is 49.6 Å². The minimum Gasteiger partial charge on any atom is -0.462 e. The van der Waals surface area contributed by atoms with Gasteiger partial charge in [-0.2, -0.15) is 0 Å². The van der Waals surface area contributed by atoms with Crippen LogP contribution in [0.1, 0.15) is 34.0 Å². The number of esters is 1. The Hall–Kier alpha value is -2.63. The summed E-state index contributed by atoms with van der Waals surface area (Å²) >= 11 is 7.22. The monoisotopic (exact) mass is 427 g/mol. The lowest BCUT2D eigenvalue weighted by Crippen LogP contribution is -2.16. The van der Waals surface area contributed by atoms with Crippen LogP contribution in [0.15, 0.2) is 47.8 Å². The van der Waals surface area contributed by atoms with Gasteiger partial charge in [0.05, 0.1) is 13.0 Å². The Balaban J connectivity index is 1.92. The molecule has 0 saturated carbocycles. The molecule has 4 nitrogen and oxygen atoms in total. The van der Waals surface area contributed by atoms with Gasteiger partial charge in [0.2, 0.25) is 5.91 Å². The predicted octanol–water partition coefficient (Wildman–Crippen LogP) is 6.04. The molecule has 1 N–H and O–H groups in total. The molecule has 0 aliphatic rings. The molecule has 0 radical (unpaired) electrons. The number of rotatable bonds is 6. The number of anilines is 1. The van der Waals surface area contributed by atoms with Crippen molar-refractivity contribution in [3.8, 4) is 11.1 Å². The molecule has 1 heterocycles. The highest BCUT2D eigenvalue weighted by atomic mass is 35.5. The molecule has 3 rings (SSSR count). The second-order valence-corrected chi connectivity index (χ2v) is 8.06. The van der Waals surface area contributed by atoms with Crippen LogP contribution in [0.4, 0.5) is 5.00 Å². The van der Waals surface area contributed by atoms with Gasteiger partial charge in [0.1, 0.15) is 10.6 Å². The number of carbonyl (C=O) groups is 2. The molecule has 150 valence electrons. The molecule has 1 amide bonds. The van der Waals surface area contributed by atoms with Crippen molar-refractivity contribution < 1.29 is 14.3 Å². The van der Waals surface area contributed by atoms with E-state index in [1.54, 1.807) is 19.1 Å². The number of aryl methyl sites for hydroxylation is 2. The zero-order valence-electron chi connectivity index (χ0n) is 16.5. The molecule has 0 saturated heterocycles. The molecule has 0 bridgehead atoms. The van der Waals surface area contributed by atoms with Gasteiger partial charge in [0.25, 0.3) is 0 Å². The molecule has 3 aromatic rings. The fourth-order valence-electron chi connectivity index (χ4n) is 3.13. The smallest absolute Gasteiger partial charge is 0.341 e. The van der Waals surface area contributed by atoms with Crippen molar-refractivity contribution in [3.63, 3.8) is 0 Å². The molecule has 0 fully saturated rings. The van der Waals surface area contributed by atoms with Crippen molar-refractivity contribution in [2.24, 2.45) is 0 Å². The number of ether oxygens (including phenoxy) is 1. The third kappa shape index (κ3) is 5.05. The summed E-state index contributed by atoms with van der Waals surface area (Å²) in [5.74, 6) is -0.641. The Morgan fingerprint density at radius 1 is 1.07 bits per heavy atom. The molecular weight excluding hydrogens is 406 g/mol. The van der Waals surface area contributed by atoms with E-state index >= 15 is 0 Å². The van der Waals surface area contributed by atoms with Crippen molar-refractivity contribution in [1.82, 2.24) is 0 Å². The SMILES string of the molecule is CCOC(=O)c1c(-c2ccc(C)cc2C)csc1NC(=O)Cc1ccc(Cl)cc1. The van der Waals surface area contributed by atoms with Crippen LogP contribution < -0.4 is 5.32 Å². The predicted molar refractivity (Wildman–Crippen MR) is 119 cm³/mol. The highest BCUT2D eigenvalue weighted by molar-refractivity contribution is 7.15. The summed E-state index contributed by atoms with van der Waals surface area (Å²) in [4.78, 5) is 25.3. The van der Waals surface area contributed by atoms with Crippen LogP contribution in [0.5, 0.6) is 0 Å². The second kappa shape index (κ2) is 9.25. The molecule has 1 aromatic heterocycles. The maximum absolute atomic E-state index is 12.7. The fraction of sp³-hybridized carbons (Fsp3) is 0.217. The van der Waals surface area contributed by atoms with Crippen molar-refractivity contribution >= 4 is 39.8 Å². The van der Waals surface area contributed by atoms with Crippen molar-refractivity contribution in [3.05, 3.63) is 75.1 Å². The maximum atomic E-state index is 12.7. The highest BCUT2D eigenvalue weighted by Gasteiger charge is 2.23. The molecule has 0 spiro atoms. The van der Waals surface area contributed by atoms with E-state index in [9.17, 15) is 9.59 Å². The summed E-state index contributed by atoms with van der Waals surface area (Å²) in [7, 11) is 0. The molecule has 29 heavy (non-hydrogen) atoms. The summed E-state index contributed by atoms with van der Waals surface area (Å²) in [5.41, 5.74) is 5.17. The third-order valence-electron chi connectivity index (χ3n) is 4.47. The summed E-state index contributed by atoms with van der Waals surface area (Å²) in [6, 6.07) is 13.2. The number of nitrogens with one attached hydrogen (secondary N) is 1. The number of carbonyl (C=O) groups excluding carboxylic acids is 2. The first-order valence-electron chi connectivity index (χ1n) is 9.29. The summed E-state index contributed by atoms with van der Waals surface area (Å²) < 4.78 is 5.27. The topological polar surface area (TPSA) is 55.4 Å². The fourth-order valence-corrected chi connectivity index (χ4v) is 4.22. The van der Waals surface area contributed by atoms with Gasteiger partial charge in [-0.3, -0.25) is 4.79 Å². The second-order valence-electron chi connectivity index (χ2n) is 6.74. The number of hydrogen-bond donors (Lipinski definition) is 1. The van der Waals surface area contributed by atoms with Crippen LogP contribution in [0.2, 0.25) is 5.02 Å². The number of thiophene rings is 1. The van der Waals surface area contributed by atoms with Gasteiger partial charge in [-0.15, -0.1) is 11.3 Å². The van der Waals surface area contributed by atoms with E-state index in [0.717, 1.165) is 27.8 Å². The Bertz CT molecular complexity index is 1040. The molecule has 0 aliphatic carbocycles. The summed E-state index contributed by atoms with van der Waals surface area (Å²) in [6.07, 6.45) is 0.191. The van der Waals surface area contributed by atoms with Gasteiger partial charge in [-0.1, -0.05) is 47.5 Å². The van der Waals surface area contributed by atoms with Crippen molar-refractivity contribution in [1.29, 1.82) is 0 Å².